The van der Waals surface area contributed by atoms with Crippen molar-refractivity contribution in [1.82, 2.24) is 4.90 Å². The number of aliphatic carboxylic acids is 1. The summed E-state index contributed by atoms with van der Waals surface area (Å²) in [5, 5.41) is 18.1. The Morgan fingerprint density at radius 1 is 1.38 bits per heavy atom. The Labute approximate surface area is 97.3 Å². The summed E-state index contributed by atoms with van der Waals surface area (Å²) in [4.78, 5) is 12.6. The predicted octanol–water partition coefficient (Wildman–Crippen LogP) is 1.33. The number of rotatable bonds is 4. The van der Waals surface area contributed by atoms with Gasteiger partial charge in [0.25, 0.3) is 0 Å². The van der Waals surface area contributed by atoms with E-state index in [2.05, 4.69) is 18.7 Å². The summed E-state index contributed by atoms with van der Waals surface area (Å²) in [7, 11) is 0. The molecule has 0 spiro atoms. The molecule has 2 N–H and O–H groups in total. The molecule has 4 nitrogen and oxygen atoms in total. The Morgan fingerprint density at radius 2 is 2.06 bits per heavy atom. The van der Waals surface area contributed by atoms with E-state index in [-0.39, 0.29) is 6.42 Å². The van der Waals surface area contributed by atoms with E-state index in [9.17, 15) is 9.90 Å². The van der Waals surface area contributed by atoms with Crippen molar-refractivity contribution in [2.24, 2.45) is 5.41 Å². The maximum Gasteiger partial charge on any atom is 0.306 e. The number of hydrogen-bond donors (Lipinski definition) is 2. The minimum Gasteiger partial charge on any atom is -0.481 e. The second-order valence-electron chi connectivity index (χ2n) is 5.57. The van der Waals surface area contributed by atoms with Crippen LogP contribution in [-0.2, 0) is 4.79 Å². The molecule has 0 amide bonds. The topological polar surface area (TPSA) is 60.8 Å². The fourth-order valence-corrected chi connectivity index (χ4v) is 2.23. The maximum absolute atomic E-state index is 10.4. The van der Waals surface area contributed by atoms with Crippen molar-refractivity contribution in [3.05, 3.63) is 0 Å². The molecule has 0 radical (unpaired) electrons. The molecule has 0 aliphatic carbocycles. The lowest BCUT2D eigenvalue weighted by Gasteiger charge is -2.24. The van der Waals surface area contributed by atoms with Crippen LogP contribution in [0.1, 0.15) is 39.5 Å². The highest BCUT2D eigenvalue weighted by Crippen LogP contribution is 2.29. The molecule has 1 fully saturated rings. The number of aliphatic hydroxyl groups excluding tert-OH is 1. The van der Waals surface area contributed by atoms with E-state index in [1.165, 1.54) is 6.42 Å². The second-order valence-corrected chi connectivity index (χ2v) is 5.57. The van der Waals surface area contributed by atoms with Gasteiger partial charge in [-0.15, -0.1) is 0 Å². The molecule has 0 aromatic carbocycles. The first kappa shape index (κ1) is 13.5. The van der Waals surface area contributed by atoms with Gasteiger partial charge >= 0.3 is 5.97 Å². The summed E-state index contributed by atoms with van der Waals surface area (Å²) in [6, 6.07) is 0. The molecule has 16 heavy (non-hydrogen) atoms. The van der Waals surface area contributed by atoms with Gasteiger partial charge in [0.15, 0.2) is 0 Å². The molecule has 1 heterocycles. The zero-order valence-corrected chi connectivity index (χ0v) is 10.3. The monoisotopic (exact) mass is 229 g/mol. The molecule has 0 aromatic rings. The number of likely N-dealkylation sites (tertiary alicyclic amines) is 1. The first-order chi connectivity index (χ1) is 7.39. The lowest BCUT2D eigenvalue weighted by Crippen LogP contribution is -2.34. The lowest BCUT2D eigenvalue weighted by molar-refractivity contribution is -0.139. The van der Waals surface area contributed by atoms with Crippen LogP contribution >= 0.6 is 0 Å². The number of β-amino-alcohol motifs (C(OH)–C–C–N with tert-alkyl or cyclic N) is 1. The van der Waals surface area contributed by atoms with Gasteiger partial charge < -0.3 is 15.1 Å². The Hall–Kier alpha value is -0.610. The number of aliphatic hydroxyl groups is 1. The zero-order chi connectivity index (χ0) is 12.2. The number of carbonyl (C=O) groups is 1. The van der Waals surface area contributed by atoms with E-state index in [1.54, 1.807) is 0 Å². The molecular formula is C12H23NO3. The fourth-order valence-electron chi connectivity index (χ4n) is 2.23. The van der Waals surface area contributed by atoms with E-state index in [4.69, 9.17) is 5.11 Å². The SMILES string of the molecule is CC1(C)CCCN(CC(O)CC(=O)O)CC1. The van der Waals surface area contributed by atoms with Gasteiger partial charge in [-0.25, -0.2) is 0 Å². The highest BCUT2D eigenvalue weighted by molar-refractivity contribution is 5.67. The summed E-state index contributed by atoms with van der Waals surface area (Å²) in [6.07, 6.45) is 2.57. The van der Waals surface area contributed by atoms with Gasteiger partial charge in [-0.2, -0.15) is 0 Å². The molecule has 1 aliphatic rings. The molecule has 1 atom stereocenters. The molecule has 0 saturated carbocycles. The normalized spacial score (nSPS) is 23.7. The van der Waals surface area contributed by atoms with Gasteiger partial charge in [-0.05, 0) is 37.8 Å². The van der Waals surface area contributed by atoms with Gasteiger partial charge in [-0.1, -0.05) is 13.8 Å². The van der Waals surface area contributed by atoms with Crippen molar-refractivity contribution in [3.8, 4) is 0 Å². The van der Waals surface area contributed by atoms with Crippen molar-refractivity contribution >= 4 is 5.97 Å². The molecule has 1 aliphatic heterocycles. The molecule has 0 aromatic heterocycles. The smallest absolute Gasteiger partial charge is 0.306 e. The molecule has 4 heteroatoms. The fraction of sp³-hybridized carbons (Fsp3) is 0.917. The van der Waals surface area contributed by atoms with Crippen LogP contribution in [0.4, 0.5) is 0 Å². The van der Waals surface area contributed by atoms with Gasteiger partial charge in [0, 0.05) is 6.54 Å². The Kier molecular flexibility index (Phi) is 4.74. The summed E-state index contributed by atoms with van der Waals surface area (Å²) in [5.74, 6) is -0.928. The van der Waals surface area contributed by atoms with Crippen LogP contribution in [0.25, 0.3) is 0 Å². The minimum absolute atomic E-state index is 0.153. The molecule has 1 saturated heterocycles. The highest BCUT2D eigenvalue weighted by atomic mass is 16.4. The van der Waals surface area contributed by atoms with Gasteiger partial charge in [-0.3, -0.25) is 4.79 Å². The van der Waals surface area contributed by atoms with Crippen LogP contribution in [0.5, 0.6) is 0 Å². The van der Waals surface area contributed by atoms with E-state index >= 15 is 0 Å². The number of nitrogens with zero attached hydrogens (tertiary/aromatic N) is 1. The number of hydrogen-bond acceptors (Lipinski definition) is 3. The third-order valence-corrected chi connectivity index (χ3v) is 3.31. The third kappa shape index (κ3) is 4.94. The number of carboxylic acid groups (broad SMARTS) is 1. The minimum atomic E-state index is -0.928. The third-order valence-electron chi connectivity index (χ3n) is 3.31. The average molecular weight is 229 g/mol. The highest BCUT2D eigenvalue weighted by Gasteiger charge is 2.24. The van der Waals surface area contributed by atoms with Gasteiger partial charge in [0.1, 0.15) is 0 Å². The van der Waals surface area contributed by atoms with Crippen molar-refractivity contribution in [1.29, 1.82) is 0 Å². The Balaban J connectivity index is 2.35. The molecular weight excluding hydrogens is 206 g/mol. The summed E-state index contributed by atoms with van der Waals surface area (Å²) < 4.78 is 0. The van der Waals surface area contributed by atoms with E-state index in [0.717, 1.165) is 25.9 Å². The van der Waals surface area contributed by atoms with E-state index in [1.807, 2.05) is 0 Å². The van der Waals surface area contributed by atoms with Crippen LogP contribution in [0, 0.1) is 5.41 Å². The molecule has 0 bridgehead atoms. The molecule has 1 rings (SSSR count). The standard InChI is InChI=1S/C12H23NO3/c1-12(2)4-3-6-13(7-5-12)9-10(14)8-11(15)16/h10,14H,3-9H2,1-2H3,(H,15,16). The largest absolute Gasteiger partial charge is 0.481 e. The second kappa shape index (κ2) is 5.64. The summed E-state index contributed by atoms with van der Waals surface area (Å²) >= 11 is 0. The van der Waals surface area contributed by atoms with Crippen molar-refractivity contribution < 1.29 is 15.0 Å². The van der Waals surface area contributed by atoms with Crippen LogP contribution in [-0.4, -0.2) is 46.8 Å². The lowest BCUT2D eigenvalue weighted by atomic mass is 9.85. The Morgan fingerprint density at radius 3 is 2.69 bits per heavy atom. The van der Waals surface area contributed by atoms with E-state index in [0.29, 0.717) is 12.0 Å². The average Bonchev–Trinajstić information content (AvgIpc) is 2.26. The maximum atomic E-state index is 10.4. The zero-order valence-electron chi connectivity index (χ0n) is 10.3. The summed E-state index contributed by atoms with van der Waals surface area (Å²) in [6.45, 7) is 6.96. The van der Waals surface area contributed by atoms with Crippen LogP contribution < -0.4 is 0 Å². The molecule has 1 unspecified atom stereocenters. The quantitative estimate of drug-likeness (QED) is 0.763. The Bertz CT molecular complexity index is 240. The van der Waals surface area contributed by atoms with Crippen molar-refractivity contribution in [3.63, 3.8) is 0 Å². The first-order valence-electron chi connectivity index (χ1n) is 6.01. The van der Waals surface area contributed by atoms with Crippen molar-refractivity contribution in [2.45, 2.75) is 45.6 Å². The van der Waals surface area contributed by atoms with Crippen molar-refractivity contribution in [2.75, 3.05) is 19.6 Å². The number of carboxylic acids is 1. The first-order valence-corrected chi connectivity index (χ1v) is 6.01. The molecule has 94 valence electrons. The van der Waals surface area contributed by atoms with Crippen LogP contribution in [0.3, 0.4) is 0 Å². The van der Waals surface area contributed by atoms with Gasteiger partial charge in [0.05, 0.1) is 12.5 Å². The van der Waals surface area contributed by atoms with Crippen LogP contribution in [0.15, 0.2) is 0 Å². The summed E-state index contributed by atoms with van der Waals surface area (Å²) in [5.41, 5.74) is 0.381. The van der Waals surface area contributed by atoms with Gasteiger partial charge in [0.2, 0.25) is 0 Å². The predicted molar refractivity (Wildman–Crippen MR) is 62.3 cm³/mol. The van der Waals surface area contributed by atoms with Crippen LogP contribution in [0.2, 0.25) is 0 Å². The van der Waals surface area contributed by atoms with E-state index < -0.39 is 12.1 Å².